The molecule has 5 N–H and O–H groups in total. The number of hydrogen-bond acceptors (Lipinski definition) is 4. The first-order valence-electron chi connectivity index (χ1n) is 4.00. The molecule has 0 spiro atoms. The molecular formula is C9H11NO4Tb. The van der Waals surface area contributed by atoms with E-state index in [-0.39, 0.29) is 56.5 Å². The minimum atomic E-state index is -1.10. The van der Waals surface area contributed by atoms with E-state index in [0.717, 1.165) is 0 Å². The summed E-state index contributed by atoms with van der Waals surface area (Å²) in [7, 11) is 0. The van der Waals surface area contributed by atoms with Gasteiger partial charge in [-0.1, -0.05) is 6.07 Å². The molecule has 5 nitrogen and oxygen atoms in total. The van der Waals surface area contributed by atoms with Gasteiger partial charge in [0.05, 0.1) is 0 Å². The van der Waals surface area contributed by atoms with Crippen molar-refractivity contribution < 1.29 is 58.7 Å². The number of carbonyl (C=O) groups is 1. The third-order valence-corrected chi connectivity index (χ3v) is 1.81. The number of phenols is 2. The summed E-state index contributed by atoms with van der Waals surface area (Å²) in [5, 5.41) is 26.6. The molecule has 0 bridgehead atoms. The largest absolute Gasteiger partial charge is 0.504 e. The second-order valence-electron chi connectivity index (χ2n) is 2.97. The van der Waals surface area contributed by atoms with E-state index in [4.69, 9.17) is 21.1 Å². The molecule has 1 rings (SSSR count). The smallest absolute Gasteiger partial charge is 0.320 e. The van der Waals surface area contributed by atoms with Crippen LogP contribution >= 0.6 is 0 Å². The number of nitrogens with two attached hydrogens (primary N) is 1. The second kappa shape index (κ2) is 6.19. The van der Waals surface area contributed by atoms with E-state index in [1.165, 1.54) is 18.2 Å². The van der Waals surface area contributed by atoms with Crippen LogP contribution in [-0.4, -0.2) is 27.3 Å². The summed E-state index contributed by atoms with van der Waals surface area (Å²) in [5.74, 6) is -1.62. The molecule has 1 aromatic rings. The molecule has 6 heteroatoms. The van der Waals surface area contributed by atoms with Gasteiger partial charge in [-0.2, -0.15) is 0 Å². The number of carboxylic acid groups (broad SMARTS) is 1. The quantitative estimate of drug-likeness (QED) is 0.573. The molecule has 0 unspecified atom stereocenters. The van der Waals surface area contributed by atoms with Gasteiger partial charge in [-0.05, 0) is 24.1 Å². The van der Waals surface area contributed by atoms with E-state index in [9.17, 15) is 4.79 Å². The number of phenolic OH excluding ortho intramolecular Hbond substituents is 2. The summed E-state index contributed by atoms with van der Waals surface area (Å²) >= 11 is 0. The van der Waals surface area contributed by atoms with E-state index in [0.29, 0.717) is 5.56 Å². The maximum Gasteiger partial charge on any atom is 0.320 e. The van der Waals surface area contributed by atoms with Crippen molar-refractivity contribution in [1.29, 1.82) is 0 Å². The van der Waals surface area contributed by atoms with Crippen LogP contribution in [0, 0.1) is 38.6 Å². The minimum Gasteiger partial charge on any atom is -0.504 e. The number of hydrogen-bond donors (Lipinski definition) is 4. The Balaban J connectivity index is 0.00000196. The van der Waals surface area contributed by atoms with E-state index in [2.05, 4.69) is 0 Å². The van der Waals surface area contributed by atoms with Crippen molar-refractivity contribution >= 4 is 5.97 Å². The van der Waals surface area contributed by atoms with Crippen LogP contribution in [0.5, 0.6) is 11.5 Å². The van der Waals surface area contributed by atoms with Gasteiger partial charge in [-0.3, -0.25) is 4.79 Å². The van der Waals surface area contributed by atoms with Crippen LogP contribution in [0.3, 0.4) is 0 Å². The Morgan fingerprint density at radius 2 is 1.93 bits per heavy atom. The van der Waals surface area contributed by atoms with Crippen LogP contribution in [-0.2, 0) is 11.2 Å². The van der Waals surface area contributed by atoms with Crippen molar-refractivity contribution in [2.75, 3.05) is 0 Å². The Bertz CT molecular complexity index is 356. The Morgan fingerprint density at radius 1 is 1.33 bits per heavy atom. The van der Waals surface area contributed by atoms with Crippen LogP contribution in [0.25, 0.3) is 0 Å². The zero-order valence-electron chi connectivity index (χ0n) is 7.68. The van der Waals surface area contributed by atoms with Crippen molar-refractivity contribution in [3.63, 3.8) is 0 Å². The summed E-state index contributed by atoms with van der Waals surface area (Å²) in [4.78, 5) is 10.4. The molecule has 0 aliphatic carbocycles. The molecule has 1 radical (unpaired) electrons. The molecule has 0 aliphatic heterocycles. The molecule has 0 saturated carbocycles. The van der Waals surface area contributed by atoms with Gasteiger partial charge >= 0.3 is 5.97 Å². The third kappa shape index (κ3) is 4.27. The predicted molar refractivity (Wildman–Crippen MR) is 49.1 cm³/mol. The molecule has 0 aliphatic rings. The van der Waals surface area contributed by atoms with Gasteiger partial charge in [0.2, 0.25) is 0 Å². The Morgan fingerprint density at radius 3 is 2.40 bits per heavy atom. The topological polar surface area (TPSA) is 104 Å². The van der Waals surface area contributed by atoms with Gasteiger partial charge in [0.25, 0.3) is 0 Å². The van der Waals surface area contributed by atoms with Gasteiger partial charge in [0, 0.05) is 38.6 Å². The number of aliphatic carboxylic acids is 1. The standard InChI is InChI=1S/C9H11NO4.Tb/c10-6(9(13)14)3-5-1-2-7(11)8(12)4-5;/h1-2,4,6,11-12H,3,10H2,(H,13,14);/t6-;/m0./s1. The maximum atomic E-state index is 10.4. The average molecular weight is 356 g/mol. The number of rotatable bonds is 3. The first-order valence-corrected chi connectivity index (χ1v) is 4.00. The summed E-state index contributed by atoms with van der Waals surface area (Å²) in [6.07, 6.45) is 0.114. The van der Waals surface area contributed by atoms with E-state index in [1.54, 1.807) is 0 Å². The molecule has 0 fully saturated rings. The van der Waals surface area contributed by atoms with Crippen molar-refractivity contribution in [2.24, 2.45) is 5.73 Å². The summed E-state index contributed by atoms with van der Waals surface area (Å²) in [5.41, 5.74) is 5.86. The zero-order chi connectivity index (χ0) is 10.7. The fourth-order valence-corrected chi connectivity index (χ4v) is 1.04. The van der Waals surface area contributed by atoms with Crippen molar-refractivity contribution in [3.8, 4) is 11.5 Å². The van der Waals surface area contributed by atoms with Crippen molar-refractivity contribution in [1.82, 2.24) is 0 Å². The first-order chi connectivity index (χ1) is 6.50. The molecule has 1 aromatic carbocycles. The Labute approximate surface area is 117 Å². The van der Waals surface area contributed by atoms with E-state index >= 15 is 0 Å². The van der Waals surface area contributed by atoms with Crippen LogP contribution in [0.2, 0.25) is 0 Å². The molecular weight excluding hydrogens is 345 g/mol. The van der Waals surface area contributed by atoms with Gasteiger partial charge < -0.3 is 21.1 Å². The molecule has 15 heavy (non-hydrogen) atoms. The Kier molecular flexibility index (Phi) is 6.00. The zero-order valence-corrected chi connectivity index (χ0v) is 9.82. The molecule has 0 amide bonds. The fraction of sp³-hybridized carbons (Fsp3) is 0.222. The normalized spacial score (nSPS) is 11.5. The molecule has 0 aromatic heterocycles. The molecule has 0 heterocycles. The summed E-state index contributed by atoms with van der Waals surface area (Å²) in [6, 6.07) is 3.09. The molecule has 0 saturated heterocycles. The van der Waals surface area contributed by atoms with Crippen molar-refractivity contribution in [3.05, 3.63) is 23.8 Å². The fourth-order valence-electron chi connectivity index (χ4n) is 1.04. The van der Waals surface area contributed by atoms with Crippen LogP contribution in [0.4, 0.5) is 0 Å². The minimum absolute atomic E-state index is 0. The monoisotopic (exact) mass is 356 g/mol. The second-order valence-corrected chi connectivity index (χ2v) is 2.97. The number of benzene rings is 1. The first kappa shape index (κ1) is 14.5. The van der Waals surface area contributed by atoms with E-state index in [1.807, 2.05) is 0 Å². The van der Waals surface area contributed by atoms with Gasteiger partial charge in [-0.25, -0.2) is 0 Å². The number of aromatic hydroxyl groups is 2. The number of carboxylic acids is 1. The van der Waals surface area contributed by atoms with Crippen LogP contribution < -0.4 is 5.73 Å². The predicted octanol–water partition coefficient (Wildman–Crippen LogP) is 0.0522. The average Bonchev–Trinajstić information content (AvgIpc) is 2.11. The van der Waals surface area contributed by atoms with Gasteiger partial charge in [0.1, 0.15) is 6.04 Å². The van der Waals surface area contributed by atoms with E-state index < -0.39 is 12.0 Å². The van der Waals surface area contributed by atoms with Crippen LogP contribution in [0.1, 0.15) is 5.56 Å². The van der Waals surface area contributed by atoms with Gasteiger partial charge in [-0.15, -0.1) is 0 Å². The van der Waals surface area contributed by atoms with Gasteiger partial charge in [0.15, 0.2) is 11.5 Å². The Hall–Kier alpha value is -0.464. The van der Waals surface area contributed by atoms with Crippen LogP contribution in [0.15, 0.2) is 18.2 Å². The third-order valence-electron chi connectivity index (χ3n) is 1.81. The molecule has 1 atom stereocenters. The van der Waals surface area contributed by atoms with Crippen molar-refractivity contribution in [2.45, 2.75) is 12.5 Å². The summed E-state index contributed by atoms with van der Waals surface area (Å²) in [6.45, 7) is 0. The summed E-state index contributed by atoms with van der Waals surface area (Å²) < 4.78 is 0. The SMILES string of the molecule is N[C@@H](Cc1ccc(O)c(O)c1)C(=O)O.[Tb]. The maximum absolute atomic E-state index is 10.4. The molecule has 85 valence electrons.